The maximum Gasteiger partial charge on any atom is 0.251 e. The van der Waals surface area contributed by atoms with Gasteiger partial charge in [-0.2, -0.15) is 0 Å². The topological polar surface area (TPSA) is 246 Å². The van der Waals surface area contributed by atoms with E-state index in [0.29, 0.717) is 5.56 Å². The van der Waals surface area contributed by atoms with Crippen molar-refractivity contribution < 1.29 is 73.8 Å². The SMILES string of the molecule is CC1OC(OC2C(CNC(=O)c3ccc(-c4ccccc4)cc3)OCCC2OC2OC(CO)C(O)C(OC(CC3CCCCC3)C(=O)[O-])C2O)C(O)C(O)C1O. The van der Waals surface area contributed by atoms with Crippen LogP contribution in [0.3, 0.4) is 0 Å². The Hall–Kier alpha value is -3.10. The van der Waals surface area contributed by atoms with Crippen molar-refractivity contribution in [3.05, 3.63) is 60.2 Å². The summed E-state index contributed by atoms with van der Waals surface area (Å²) in [6.07, 6.45) is -14.8. The molecule has 0 aromatic heterocycles. The summed E-state index contributed by atoms with van der Waals surface area (Å²) in [6.45, 7) is 0.718. The lowest BCUT2D eigenvalue weighted by atomic mass is 9.85. The standard InChI is InChI=1S/C40H55NO15/c1-21-30(43)32(45)33(46)39(52-21)56-35-26(16-17-51-28(35)19-41-37(48)25-14-12-24(13-15-25)23-10-6-3-7-11-23)54-40-34(47)36(31(44)29(20-42)55-40)53-27(38(49)50)18-22-8-4-2-5-9-22/h3,6-7,10-15,21-22,26-36,39-40,42-47H,2,4-5,8-9,16-20H2,1H3,(H,41,48)(H,49,50)/p-1. The predicted octanol–water partition coefficient (Wildman–Crippen LogP) is -0.617. The van der Waals surface area contributed by atoms with Crippen molar-refractivity contribution in [2.45, 2.75) is 138 Å². The normalized spacial score (nSPS) is 36.1. The number of hydrogen-bond donors (Lipinski definition) is 7. The number of carboxylic acids is 1. The first-order chi connectivity index (χ1) is 26.9. The largest absolute Gasteiger partial charge is 0.547 e. The van der Waals surface area contributed by atoms with Crippen LogP contribution < -0.4 is 10.4 Å². The van der Waals surface area contributed by atoms with E-state index in [1.165, 1.54) is 6.92 Å². The van der Waals surface area contributed by atoms with Gasteiger partial charge in [0.2, 0.25) is 0 Å². The average molecular weight is 789 g/mol. The molecule has 6 rings (SSSR count). The molecule has 2 aromatic carbocycles. The number of rotatable bonds is 14. The molecule has 14 atom stereocenters. The Balaban J connectivity index is 1.19. The lowest BCUT2D eigenvalue weighted by molar-refractivity contribution is -0.359. The highest BCUT2D eigenvalue weighted by Gasteiger charge is 2.51. The van der Waals surface area contributed by atoms with Crippen LogP contribution in [0.15, 0.2) is 54.6 Å². The molecule has 1 saturated carbocycles. The fourth-order valence-corrected chi connectivity index (χ4v) is 7.97. The van der Waals surface area contributed by atoms with Gasteiger partial charge in [0, 0.05) is 18.7 Å². The maximum atomic E-state index is 13.3. The van der Waals surface area contributed by atoms with E-state index >= 15 is 0 Å². The van der Waals surface area contributed by atoms with Crippen molar-refractivity contribution in [3.63, 3.8) is 0 Å². The number of aliphatic carboxylic acids is 1. The zero-order chi connectivity index (χ0) is 39.9. The maximum absolute atomic E-state index is 13.3. The van der Waals surface area contributed by atoms with E-state index in [1.54, 1.807) is 12.1 Å². The zero-order valence-electron chi connectivity index (χ0n) is 31.3. The molecule has 3 aliphatic heterocycles. The third-order valence-electron chi connectivity index (χ3n) is 11.3. The lowest BCUT2D eigenvalue weighted by Crippen LogP contribution is -2.64. The second-order valence-electron chi connectivity index (χ2n) is 15.2. The summed E-state index contributed by atoms with van der Waals surface area (Å²) in [7, 11) is 0. The van der Waals surface area contributed by atoms with Gasteiger partial charge in [0.25, 0.3) is 5.91 Å². The summed E-state index contributed by atoms with van der Waals surface area (Å²) in [5.41, 5.74) is 2.29. The quantitative estimate of drug-likeness (QED) is 0.126. The van der Waals surface area contributed by atoms with Crippen LogP contribution in [0.25, 0.3) is 11.1 Å². The molecule has 2 aromatic rings. The van der Waals surface area contributed by atoms with Gasteiger partial charge >= 0.3 is 0 Å². The van der Waals surface area contributed by atoms with Crippen LogP contribution in [0.1, 0.15) is 62.2 Å². The summed E-state index contributed by atoms with van der Waals surface area (Å²) in [6, 6.07) is 16.7. The third-order valence-corrected chi connectivity index (χ3v) is 11.3. The average Bonchev–Trinajstić information content (AvgIpc) is 3.21. The fourth-order valence-electron chi connectivity index (χ4n) is 7.97. The number of amides is 1. The minimum atomic E-state index is -1.75. The molecule has 16 heteroatoms. The molecule has 14 unspecified atom stereocenters. The summed E-state index contributed by atoms with van der Waals surface area (Å²) >= 11 is 0. The molecule has 1 aliphatic carbocycles. The Kier molecular flexibility index (Phi) is 14.9. The minimum Gasteiger partial charge on any atom is -0.547 e. The Morgan fingerprint density at radius 3 is 2.14 bits per heavy atom. The number of aliphatic hydroxyl groups excluding tert-OH is 6. The molecule has 310 valence electrons. The van der Waals surface area contributed by atoms with Crippen LogP contribution in [-0.4, -0.2) is 148 Å². The Labute approximate surface area is 325 Å². The first-order valence-corrected chi connectivity index (χ1v) is 19.5. The number of hydrogen-bond acceptors (Lipinski definition) is 15. The van der Waals surface area contributed by atoms with E-state index in [2.05, 4.69) is 5.32 Å². The number of aliphatic hydroxyl groups is 6. The second-order valence-corrected chi connectivity index (χ2v) is 15.2. The lowest BCUT2D eigenvalue weighted by Gasteiger charge is -2.47. The van der Waals surface area contributed by atoms with Gasteiger partial charge in [-0.05, 0) is 48.9 Å². The van der Waals surface area contributed by atoms with Crippen LogP contribution in [0.2, 0.25) is 0 Å². The van der Waals surface area contributed by atoms with E-state index in [-0.39, 0.29) is 31.9 Å². The highest BCUT2D eigenvalue weighted by Crippen LogP contribution is 2.34. The smallest absolute Gasteiger partial charge is 0.251 e. The second kappa shape index (κ2) is 19.6. The Morgan fingerprint density at radius 2 is 1.46 bits per heavy atom. The summed E-state index contributed by atoms with van der Waals surface area (Å²) < 4.78 is 35.9. The third kappa shape index (κ3) is 10.1. The molecule has 56 heavy (non-hydrogen) atoms. The van der Waals surface area contributed by atoms with Gasteiger partial charge in [-0.15, -0.1) is 0 Å². The number of benzene rings is 2. The van der Waals surface area contributed by atoms with Crippen molar-refractivity contribution >= 4 is 11.9 Å². The van der Waals surface area contributed by atoms with Crippen molar-refractivity contribution in [2.24, 2.45) is 5.92 Å². The van der Waals surface area contributed by atoms with Crippen LogP contribution in [0, 0.1) is 5.92 Å². The van der Waals surface area contributed by atoms with Crippen molar-refractivity contribution in [2.75, 3.05) is 19.8 Å². The number of carboxylic acid groups (broad SMARTS) is 1. The molecule has 0 spiro atoms. The van der Waals surface area contributed by atoms with Crippen LogP contribution in [0.4, 0.5) is 0 Å². The van der Waals surface area contributed by atoms with Gasteiger partial charge in [-0.25, -0.2) is 0 Å². The van der Waals surface area contributed by atoms with E-state index in [0.717, 1.165) is 43.2 Å². The van der Waals surface area contributed by atoms with Gasteiger partial charge in [0.05, 0.1) is 30.9 Å². The molecular weight excluding hydrogens is 734 g/mol. The van der Waals surface area contributed by atoms with E-state index in [1.807, 2.05) is 42.5 Å². The summed E-state index contributed by atoms with van der Waals surface area (Å²) in [5.74, 6) is -1.85. The van der Waals surface area contributed by atoms with Gasteiger partial charge in [0.1, 0.15) is 54.9 Å². The number of carbonyl (C=O) groups is 2. The Morgan fingerprint density at radius 1 is 0.786 bits per heavy atom. The van der Waals surface area contributed by atoms with E-state index in [9.17, 15) is 45.3 Å². The number of ether oxygens (including phenoxy) is 6. The van der Waals surface area contributed by atoms with Gasteiger partial charge < -0.3 is 74.3 Å². The minimum absolute atomic E-state index is 0.0624. The van der Waals surface area contributed by atoms with Crippen molar-refractivity contribution in [1.82, 2.24) is 5.32 Å². The van der Waals surface area contributed by atoms with Crippen LogP contribution in [-0.2, 0) is 33.2 Å². The molecular formula is C40H54NO15-. The van der Waals surface area contributed by atoms with Crippen molar-refractivity contribution in [1.29, 1.82) is 0 Å². The van der Waals surface area contributed by atoms with E-state index < -0.39 is 104 Å². The predicted molar refractivity (Wildman–Crippen MR) is 193 cm³/mol. The van der Waals surface area contributed by atoms with Crippen molar-refractivity contribution in [3.8, 4) is 11.1 Å². The Bertz CT molecular complexity index is 1540. The molecule has 0 radical (unpaired) electrons. The molecule has 4 aliphatic rings. The summed E-state index contributed by atoms with van der Waals surface area (Å²) in [4.78, 5) is 25.5. The molecule has 7 N–H and O–H groups in total. The molecule has 0 bridgehead atoms. The van der Waals surface area contributed by atoms with Crippen LogP contribution in [0.5, 0.6) is 0 Å². The monoisotopic (exact) mass is 788 g/mol. The van der Waals surface area contributed by atoms with Gasteiger partial charge in [-0.3, -0.25) is 4.79 Å². The first kappa shape index (κ1) is 42.5. The fraction of sp³-hybridized carbons (Fsp3) is 0.650. The zero-order valence-corrected chi connectivity index (χ0v) is 31.3. The molecule has 1 amide bonds. The van der Waals surface area contributed by atoms with Gasteiger partial charge in [-0.1, -0.05) is 74.6 Å². The highest BCUT2D eigenvalue weighted by molar-refractivity contribution is 5.94. The molecule has 3 saturated heterocycles. The summed E-state index contributed by atoms with van der Waals surface area (Å²) in [5, 5.41) is 79.4. The first-order valence-electron chi connectivity index (χ1n) is 19.5. The van der Waals surface area contributed by atoms with Crippen LogP contribution >= 0.6 is 0 Å². The molecule has 4 fully saturated rings. The van der Waals surface area contributed by atoms with Gasteiger partial charge in [0.15, 0.2) is 12.6 Å². The molecule has 3 heterocycles. The number of carbonyl (C=O) groups excluding carboxylic acids is 2. The van der Waals surface area contributed by atoms with E-state index in [4.69, 9.17) is 28.4 Å². The number of nitrogens with one attached hydrogen (secondary N) is 1. The highest BCUT2D eigenvalue weighted by atomic mass is 16.7. The molecule has 16 nitrogen and oxygen atoms in total.